The molecule has 0 saturated heterocycles. The average Bonchev–Trinajstić information content (AvgIpc) is 2.59. The number of hydrogen-bond donors (Lipinski definition) is 2. The zero-order valence-electron chi connectivity index (χ0n) is 13.0. The van der Waals surface area contributed by atoms with E-state index in [0.717, 1.165) is 5.39 Å². The molecule has 0 aliphatic carbocycles. The molecule has 1 heterocycles. The van der Waals surface area contributed by atoms with Crippen molar-refractivity contribution in [1.29, 1.82) is 0 Å². The number of carbonyl (C=O) groups is 2. The van der Waals surface area contributed by atoms with Crippen LogP contribution in [0.25, 0.3) is 11.0 Å². The van der Waals surface area contributed by atoms with E-state index in [0.29, 0.717) is 22.6 Å². The smallest absolute Gasteiger partial charge is 0.336 e. The number of ketones is 1. The van der Waals surface area contributed by atoms with Gasteiger partial charge >= 0.3 is 11.7 Å². The van der Waals surface area contributed by atoms with Crippen LogP contribution >= 0.6 is 0 Å². The summed E-state index contributed by atoms with van der Waals surface area (Å²) in [5.74, 6) is 0.183. The molecule has 0 atom stereocenters. The van der Waals surface area contributed by atoms with Crippen LogP contribution in [0.2, 0.25) is 0 Å². The van der Waals surface area contributed by atoms with Crippen molar-refractivity contribution in [2.45, 2.75) is 0 Å². The first-order valence-corrected chi connectivity index (χ1v) is 7.38. The summed E-state index contributed by atoms with van der Waals surface area (Å²) in [6, 6.07) is 13.6. The van der Waals surface area contributed by atoms with Crippen molar-refractivity contribution >= 4 is 28.5 Å². The van der Waals surface area contributed by atoms with Crippen molar-refractivity contribution in [3.05, 3.63) is 70.6 Å². The molecule has 0 spiro atoms. The highest BCUT2D eigenvalue weighted by molar-refractivity contribution is 5.98. The lowest BCUT2D eigenvalue weighted by Gasteiger charge is -2.07. The Balaban J connectivity index is 1.67. The van der Waals surface area contributed by atoms with Crippen LogP contribution in [0, 0.1) is 0 Å². The van der Waals surface area contributed by atoms with Gasteiger partial charge in [-0.2, -0.15) is 0 Å². The third kappa shape index (κ3) is 4.03. The molecule has 0 aliphatic heterocycles. The van der Waals surface area contributed by atoms with Gasteiger partial charge in [0.15, 0.2) is 12.4 Å². The maximum absolute atomic E-state index is 12.2. The van der Waals surface area contributed by atoms with Gasteiger partial charge in [0.2, 0.25) is 0 Å². The molecule has 0 radical (unpaired) electrons. The van der Waals surface area contributed by atoms with Gasteiger partial charge in [0.25, 0.3) is 0 Å². The molecular formula is C18H14N2O5. The zero-order chi connectivity index (χ0) is 17.8. The second-order valence-corrected chi connectivity index (χ2v) is 5.23. The van der Waals surface area contributed by atoms with Gasteiger partial charge in [0.05, 0.1) is 0 Å². The summed E-state index contributed by atoms with van der Waals surface area (Å²) in [5, 5.41) is 3.17. The Morgan fingerprint density at radius 1 is 1.04 bits per heavy atom. The quantitative estimate of drug-likeness (QED) is 0.548. The number of ether oxygens (including phenoxy) is 1. The highest BCUT2D eigenvalue weighted by Crippen LogP contribution is 2.20. The number of fused-ring (bicyclic) bond motifs is 1. The number of nitrogens with one attached hydrogen (secondary N) is 1. The van der Waals surface area contributed by atoms with Gasteiger partial charge in [-0.25, -0.2) is 9.59 Å². The van der Waals surface area contributed by atoms with E-state index in [2.05, 4.69) is 5.32 Å². The van der Waals surface area contributed by atoms with E-state index in [9.17, 15) is 14.4 Å². The number of hydrogen-bond acceptors (Lipinski definition) is 5. The Bertz CT molecular complexity index is 992. The fraction of sp³-hybridized carbons (Fsp3) is 0.0556. The van der Waals surface area contributed by atoms with Crippen LogP contribution in [0.1, 0.15) is 10.4 Å². The maximum Gasteiger partial charge on any atom is 0.336 e. The minimum Gasteiger partial charge on any atom is -0.485 e. The summed E-state index contributed by atoms with van der Waals surface area (Å²) in [5.41, 5.74) is 5.88. The summed E-state index contributed by atoms with van der Waals surface area (Å²) < 4.78 is 10.5. The van der Waals surface area contributed by atoms with Crippen LogP contribution in [0.15, 0.2) is 63.8 Å². The number of urea groups is 1. The van der Waals surface area contributed by atoms with Crippen molar-refractivity contribution in [2.24, 2.45) is 5.73 Å². The van der Waals surface area contributed by atoms with Gasteiger partial charge in [-0.3, -0.25) is 4.79 Å². The van der Waals surface area contributed by atoms with Gasteiger partial charge in [-0.1, -0.05) is 0 Å². The van der Waals surface area contributed by atoms with E-state index >= 15 is 0 Å². The van der Waals surface area contributed by atoms with Gasteiger partial charge in [-0.15, -0.1) is 0 Å². The molecule has 7 nitrogen and oxygen atoms in total. The highest BCUT2D eigenvalue weighted by Gasteiger charge is 2.08. The Morgan fingerprint density at radius 2 is 1.76 bits per heavy atom. The molecule has 3 rings (SSSR count). The van der Waals surface area contributed by atoms with E-state index < -0.39 is 11.7 Å². The Labute approximate surface area is 142 Å². The minimum absolute atomic E-state index is 0.175. The summed E-state index contributed by atoms with van der Waals surface area (Å²) >= 11 is 0. The molecule has 3 aromatic rings. The molecule has 25 heavy (non-hydrogen) atoms. The summed E-state index contributed by atoms with van der Waals surface area (Å²) in [4.78, 5) is 34.2. The van der Waals surface area contributed by atoms with Crippen molar-refractivity contribution < 1.29 is 18.7 Å². The fourth-order valence-electron chi connectivity index (χ4n) is 2.24. The number of Topliss-reactive ketones (excluding diaryl/α,β-unsaturated/α-hetero) is 1. The molecule has 126 valence electrons. The van der Waals surface area contributed by atoms with Crippen LogP contribution in [0.5, 0.6) is 5.75 Å². The third-order valence-electron chi connectivity index (χ3n) is 3.44. The zero-order valence-corrected chi connectivity index (χ0v) is 13.0. The first kappa shape index (κ1) is 16.3. The molecule has 3 N–H and O–H groups in total. The molecule has 2 amide bonds. The van der Waals surface area contributed by atoms with Crippen LogP contribution in [0.4, 0.5) is 10.5 Å². The van der Waals surface area contributed by atoms with E-state index in [1.807, 2.05) is 0 Å². The summed E-state index contributed by atoms with van der Waals surface area (Å²) in [6.07, 6.45) is 0. The molecule has 0 fully saturated rings. The number of anilines is 1. The normalized spacial score (nSPS) is 10.4. The predicted molar refractivity (Wildman–Crippen MR) is 92.0 cm³/mol. The Morgan fingerprint density at radius 3 is 2.48 bits per heavy atom. The number of nitrogens with two attached hydrogens (primary N) is 1. The van der Waals surface area contributed by atoms with Crippen LogP contribution in [0.3, 0.4) is 0 Å². The lowest BCUT2D eigenvalue weighted by atomic mass is 10.1. The van der Waals surface area contributed by atoms with Gasteiger partial charge in [0.1, 0.15) is 11.3 Å². The first-order chi connectivity index (χ1) is 12.0. The monoisotopic (exact) mass is 338 g/mol. The molecule has 0 bridgehead atoms. The number of carbonyl (C=O) groups excluding carboxylic acids is 2. The Kier molecular flexibility index (Phi) is 4.47. The van der Waals surface area contributed by atoms with Crippen LogP contribution < -0.4 is 21.4 Å². The van der Waals surface area contributed by atoms with Crippen LogP contribution in [-0.2, 0) is 0 Å². The molecular weight excluding hydrogens is 324 g/mol. The number of primary amides is 1. The summed E-state index contributed by atoms with van der Waals surface area (Å²) in [7, 11) is 0. The lowest BCUT2D eigenvalue weighted by molar-refractivity contribution is 0.0921. The largest absolute Gasteiger partial charge is 0.485 e. The van der Waals surface area contributed by atoms with E-state index in [4.69, 9.17) is 14.9 Å². The Hall–Kier alpha value is -3.61. The van der Waals surface area contributed by atoms with E-state index in [1.54, 1.807) is 48.5 Å². The van der Waals surface area contributed by atoms with Crippen molar-refractivity contribution in [3.8, 4) is 5.75 Å². The highest BCUT2D eigenvalue weighted by atomic mass is 16.5. The SMILES string of the molecule is NC(=O)Nc1ccc(C(=O)COc2ccc3ccc(=O)oc3c2)cc1. The maximum atomic E-state index is 12.2. The fourth-order valence-corrected chi connectivity index (χ4v) is 2.24. The molecule has 7 heteroatoms. The number of amides is 2. The van der Waals surface area contributed by atoms with Crippen molar-refractivity contribution in [1.82, 2.24) is 0 Å². The second-order valence-electron chi connectivity index (χ2n) is 5.23. The lowest BCUT2D eigenvalue weighted by Crippen LogP contribution is -2.19. The topological polar surface area (TPSA) is 112 Å². The van der Waals surface area contributed by atoms with E-state index in [1.165, 1.54) is 6.07 Å². The van der Waals surface area contributed by atoms with Gasteiger partial charge in [0, 0.05) is 28.8 Å². The average molecular weight is 338 g/mol. The summed E-state index contributed by atoms with van der Waals surface area (Å²) in [6.45, 7) is -0.175. The minimum atomic E-state index is -0.676. The van der Waals surface area contributed by atoms with E-state index in [-0.39, 0.29) is 12.4 Å². The van der Waals surface area contributed by atoms with Crippen molar-refractivity contribution in [2.75, 3.05) is 11.9 Å². The number of benzene rings is 2. The standard InChI is InChI=1S/C18H14N2O5/c19-18(23)20-13-5-1-11(2-6-13)15(21)10-24-14-7-3-12-4-8-17(22)25-16(12)9-14/h1-9H,10H2,(H3,19,20,23). The van der Waals surface area contributed by atoms with Gasteiger partial charge in [-0.05, 0) is 42.5 Å². The molecule has 0 saturated carbocycles. The third-order valence-corrected chi connectivity index (χ3v) is 3.44. The predicted octanol–water partition coefficient (Wildman–Crippen LogP) is 2.55. The first-order valence-electron chi connectivity index (χ1n) is 7.38. The van der Waals surface area contributed by atoms with Crippen LogP contribution in [-0.4, -0.2) is 18.4 Å². The van der Waals surface area contributed by atoms with Gasteiger partial charge < -0.3 is 20.2 Å². The van der Waals surface area contributed by atoms with Crippen molar-refractivity contribution in [3.63, 3.8) is 0 Å². The second kappa shape index (κ2) is 6.88. The molecule has 2 aromatic carbocycles. The number of rotatable bonds is 5. The molecule has 0 unspecified atom stereocenters. The molecule has 1 aromatic heterocycles. The molecule has 0 aliphatic rings.